The number of carboxylic acid groups (broad SMARTS) is 1. The zero-order valence-corrected chi connectivity index (χ0v) is 11.0. The first-order valence-electron chi connectivity index (χ1n) is 6.51. The molecule has 0 spiro atoms. The number of aromatic nitrogens is 2. The van der Waals surface area contributed by atoms with Gasteiger partial charge in [-0.15, -0.1) is 0 Å². The van der Waals surface area contributed by atoms with Crippen molar-refractivity contribution in [3.8, 4) is 0 Å². The third kappa shape index (κ3) is 3.89. The molecule has 0 amide bonds. The van der Waals surface area contributed by atoms with Crippen LogP contribution in [-0.2, 0) is 4.74 Å². The van der Waals surface area contributed by atoms with Crippen molar-refractivity contribution in [1.29, 1.82) is 0 Å². The number of hydrogen-bond acceptors (Lipinski definition) is 5. The number of nitrogens with one attached hydrogen (secondary N) is 1. The van der Waals surface area contributed by atoms with E-state index >= 15 is 0 Å². The van der Waals surface area contributed by atoms with Crippen molar-refractivity contribution >= 4 is 11.8 Å². The molecule has 0 saturated heterocycles. The van der Waals surface area contributed by atoms with Gasteiger partial charge in [-0.25, -0.2) is 14.8 Å². The van der Waals surface area contributed by atoms with Gasteiger partial charge in [-0.3, -0.25) is 0 Å². The quantitative estimate of drug-likeness (QED) is 0.844. The van der Waals surface area contributed by atoms with Crippen molar-refractivity contribution in [1.82, 2.24) is 9.97 Å². The Bertz CT molecular complexity index is 414. The fourth-order valence-electron chi connectivity index (χ4n) is 2.35. The molecule has 0 bridgehead atoms. The van der Waals surface area contributed by atoms with Crippen LogP contribution in [0, 0.1) is 5.92 Å². The Labute approximate surface area is 112 Å². The molecule has 1 aliphatic rings. The fourth-order valence-corrected chi connectivity index (χ4v) is 2.35. The van der Waals surface area contributed by atoms with Crippen LogP contribution >= 0.6 is 0 Å². The van der Waals surface area contributed by atoms with Crippen molar-refractivity contribution in [2.24, 2.45) is 5.92 Å². The second kappa shape index (κ2) is 6.47. The summed E-state index contributed by atoms with van der Waals surface area (Å²) in [5, 5.41) is 11.9. The molecule has 1 aromatic heterocycles. The van der Waals surface area contributed by atoms with Gasteiger partial charge >= 0.3 is 5.97 Å². The van der Waals surface area contributed by atoms with E-state index in [-0.39, 0.29) is 5.69 Å². The second-order valence-corrected chi connectivity index (χ2v) is 4.85. The summed E-state index contributed by atoms with van der Waals surface area (Å²) in [5.41, 5.74) is -0.0360. The van der Waals surface area contributed by atoms with E-state index in [0.29, 0.717) is 17.8 Å². The number of carbonyl (C=O) groups is 1. The molecule has 0 radical (unpaired) electrons. The van der Waals surface area contributed by atoms with Crippen LogP contribution in [0.25, 0.3) is 0 Å². The van der Waals surface area contributed by atoms with E-state index in [1.165, 1.54) is 12.4 Å². The van der Waals surface area contributed by atoms with Crippen molar-refractivity contribution in [3.63, 3.8) is 0 Å². The number of anilines is 1. The molecule has 19 heavy (non-hydrogen) atoms. The molecule has 0 aromatic carbocycles. The summed E-state index contributed by atoms with van der Waals surface area (Å²) < 4.78 is 5.34. The van der Waals surface area contributed by atoms with Crippen LogP contribution in [0.2, 0.25) is 0 Å². The topological polar surface area (TPSA) is 84.3 Å². The third-order valence-electron chi connectivity index (χ3n) is 3.57. The molecule has 1 aliphatic carbocycles. The Morgan fingerprint density at radius 2 is 2.11 bits per heavy atom. The summed E-state index contributed by atoms with van der Waals surface area (Å²) in [6.07, 6.45) is 7.64. The highest BCUT2D eigenvalue weighted by molar-refractivity contribution is 5.84. The average molecular weight is 265 g/mol. The highest BCUT2D eigenvalue weighted by Gasteiger charge is 2.20. The van der Waals surface area contributed by atoms with Crippen molar-refractivity contribution in [2.45, 2.75) is 31.8 Å². The van der Waals surface area contributed by atoms with E-state index in [2.05, 4.69) is 15.3 Å². The Hall–Kier alpha value is -1.69. The number of ether oxygens (including phenoxy) is 1. The molecule has 6 nitrogen and oxygen atoms in total. The summed E-state index contributed by atoms with van der Waals surface area (Å²) >= 11 is 0. The lowest BCUT2D eigenvalue weighted by Crippen LogP contribution is -2.25. The molecule has 2 rings (SSSR count). The summed E-state index contributed by atoms with van der Waals surface area (Å²) in [5.74, 6) is 0.183. The molecule has 6 heteroatoms. The van der Waals surface area contributed by atoms with E-state index in [1.807, 2.05) is 0 Å². The molecule has 1 fully saturated rings. The van der Waals surface area contributed by atoms with Gasteiger partial charge in [0.25, 0.3) is 0 Å². The van der Waals surface area contributed by atoms with Gasteiger partial charge in [0.15, 0.2) is 5.69 Å². The molecule has 1 saturated carbocycles. The molecule has 0 atom stereocenters. The molecule has 1 heterocycles. The third-order valence-corrected chi connectivity index (χ3v) is 3.57. The Morgan fingerprint density at radius 3 is 2.63 bits per heavy atom. The molecule has 2 N–H and O–H groups in total. The first-order valence-corrected chi connectivity index (χ1v) is 6.51. The lowest BCUT2D eigenvalue weighted by molar-refractivity contribution is 0.0585. The van der Waals surface area contributed by atoms with Crippen LogP contribution in [0.3, 0.4) is 0 Å². The SMILES string of the molecule is COC1CCC(CNc2cnc(C(=O)O)cn2)CC1. The van der Waals surface area contributed by atoms with E-state index in [0.717, 1.165) is 32.2 Å². The van der Waals surface area contributed by atoms with Gasteiger partial charge in [-0.1, -0.05) is 0 Å². The van der Waals surface area contributed by atoms with E-state index in [9.17, 15) is 4.79 Å². The summed E-state index contributed by atoms with van der Waals surface area (Å²) in [6, 6.07) is 0. The Balaban J connectivity index is 1.78. The van der Waals surface area contributed by atoms with Crippen molar-refractivity contribution in [2.75, 3.05) is 19.0 Å². The molecular formula is C13H19N3O3. The highest BCUT2D eigenvalue weighted by Crippen LogP contribution is 2.25. The largest absolute Gasteiger partial charge is 0.476 e. The van der Waals surface area contributed by atoms with Gasteiger partial charge in [0.05, 0.1) is 18.5 Å². The van der Waals surface area contributed by atoms with Crippen LogP contribution in [0.4, 0.5) is 5.82 Å². The van der Waals surface area contributed by atoms with E-state index in [1.54, 1.807) is 7.11 Å². The highest BCUT2D eigenvalue weighted by atomic mass is 16.5. The van der Waals surface area contributed by atoms with E-state index < -0.39 is 5.97 Å². The maximum atomic E-state index is 10.6. The first kappa shape index (κ1) is 13.7. The van der Waals surface area contributed by atoms with Crippen LogP contribution in [-0.4, -0.2) is 40.8 Å². The number of methoxy groups -OCH3 is 1. The van der Waals surface area contributed by atoms with Gasteiger partial charge in [-0.2, -0.15) is 0 Å². The zero-order valence-electron chi connectivity index (χ0n) is 11.0. The number of rotatable bonds is 5. The predicted octanol–water partition coefficient (Wildman–Crippen LogP) is 1.79. The minimum Gasteiger partial charge on any atom is -0.476 e. The van der Waals surface area contributed by atoms with Gasteiger partial charge in [-0.05, 0) is 31.6 Å². The predicted molar refractivity (Wildman–Crippen MR) is 70.2 cm³/mol. The maximum absolute atomic E-state index is 10.6. The van der Waals surface area contributed by atoms with Crippen LogP contribution in [0.5, 0.6) is 0 Å². The number of nitrogens with zero attached hydrogens (tertiary/aromatic N) is 2. The normalized spacial score (nSPS) is 23.0. The number of carboxylic acids is 1. The average Bonchev–Trinajstić information content (AvgIpc) is 2.46. The smallest absolute Gasteiger partial charge is 0.356 e. The number of aromatic carboxylic acids is 1. The van der Waals surface area contributed by atoms with Gasteiger partial charge in [0.1, 0.15) is 5.82 Å². The monoisotopic (exact) mass is 265 g/mol. The first-order chi connectivity index (χ1) is 9.19. The second-order valence-electron chi connectivity index (χ2n) is 4.85. The fraction of sp³-hybridized carbons (Fsp3) is 0.615. The summed E-state index contributed by atoms with van der Waals surface area (Å²) in [7, 11) is 1.77. The van der Waals surface area contributed by atoms with Gasteiger partial charge < -0.3 is 15.2 Å². The Kier molecular flexibility index (Phi) is 4.68. The zero-order chi connectivity index (χ0) is 13.7. The Morgan fingerprint density at radius 1 is 1.37 bits per heavy atom. The van der Waals surface area contributed by atoms with Crippen LogP contribution in [0.15, 0.2) is 12.4 Å². The minimum atomic E-state index is -1.06. The van der Waals surface area contributed by atoms with Gasteiger partial charge in [0, 0.05) is 13.7 Å². The van der Waals surface area contributed by atoms with Crippen LogP contribution in [0.1, 0.15) is 36.2 Å². The lowest BCUT2D eigenvalue weighted by Gasteiger charge is -2.27. The number of hydrogen-bond donors (Lipinski definition) is 2. The van der Waals surface area contributed by atoms with Crippen LogP contribution < -0.4 is 5.32 Å². The molecular weight excluding hydrogens is 246 g/mol. The molecule has 0 unspecified atom stereocenters. The van der Waals surface area contributed by atoms with Crippen molar-refractivity contribution < 1.29 is 14.6 Å². The lowest BCUT2D eigenvalue weighted by atomic mass is 9.87. The minimum absolute atomic E-state index is 0.0360. The van der Waals surface area contributed by atoms with E-state index in [4.69, 9.17) is 9.84 Å². The standard InChI is InChI=1S/C13H19N3O3/c1-19-10-4-2-9(3-5-10)6-15-12-8-14-11(7-16-12)13(17)18/h7-10H,2-6H2,1H3,(H,15,16)(H,17,18). The summed E-state index contributed by atoms with van der Waals surface area (Å²) in [6.45, 7) is 0.845. The van der Waals surface area contributed by atoms with Gasteiger partial charge in [0.2, 0.25) is 0 Å². The summed E-state index contributed by atoms with van der Waals surface area (Å²) in [4.78, 5) is 18.5. The molecule has 0 aliphatic heterocycles. The molecule has 1 aromatic rings. The molecule has 104 valence electrons. The van der Waals surface area contributed by atoms with Crippen molar-refractivity contribution in [3.05, 3.63) is 18.1 Å². The maximum Gasteiger partial charge on any atom is 0.356 e.